The molecule has 0 spiro atoms. The third-order valence-corrected chi connectivity index (χ3v) is 6.42. The van der Waals surface area contributed by atoms with Crippen LogP contribution >= 0.6 is 11.8 Å². The molecular weight excluding hydrogens is 430 g/mol. The van der Waals surface area contributed by atoms with E-state index in [2.05, 4.69) is 63.2 Å². The van der Waals surface area contributed by atoms with Crippen LogP contribution in [0, 0.1) is 6.92 Å². The Bertz CT molecular complexity index is 1200. The summed E-state index contributed by atoms with van der Waals surface area (Å²) in [6.07, 6.45) is 4.45. The molecule has 0 saturated carbocycles. The van der Waals surface area contributed by atoms with E-state index in [0.29, 0.717) is 11.3 Å². The van der Waals surface area contributed by atoms with Gasteiger partial charge in [0, 0.05) is 41.0 Å². The topological polar surface area (TPSA) is 72.7 Å². The summed E-state index contributed by atoms with van der Waals surface area (Å²) < 4.78 is 2.06. The number of aryl methyl sites for hydroxylation is 1. The maximum Gasteiger partial charge on any atom is 0.251 e. The Kier molecular flexibility index (Phi) is 7.19. The van der Waals surface area contributed by atoms with Crippen molar-refractivity contribution in [3.8, 4) is 17.1 Å². The number of hydrogen-bond acceptors (Lipinski definition) is 5. The van der Waals surface area contributed by atoms with Crippen LogP contribution in [-0.4, -0.2) is 31.7 Å². The number of carbonyl (C=O) groups is 1. The fraction of sp³-hybridized carbons (Fsp3) is 0.231. The number of rotatable bonds is 8. The third-order valence-electron chi connectivity index (χ3n) is 5.42. The standard InChI is InChI=1S/C26H27N5OS/c1-4-19(3)28-25(32)21-11-9-20(10-12-21)17-33-26-30-29-24(22-6-5-15-27-16-22)31(26)23-13-7-18(2)8-14-23/h5-16,19H,4,17H2,1-3H3,(H,28,32). The average Bonchev–Trinajstić information content (AvgIpc) is 3.28. The minimum atomic E-state index is -0.0382. The van der Waals surface area contributed by atoms with Gasteiger partial charge in [-0.2, -0.15) is 0 Å². The van der Waals surface area contributed by atoms with Gasteiger partial charge in [0.25, 0.3) is 5.91 Å². The second-order valence-electron chi connectivity index (χ2n) is 7.99. The zero-order valence-electron chi connectivity index (χ0n) is 19.0. The maximum absolute atomic E-state index is 12.3. The van der Waals surface area contributed by atoms with E-state index in [-0.39, 0.29) is 11.9 Å². The first-order chi connectivity index (χ1) is 16.0. The summed E-state index contributed by atoms with van der Waals surface area (Å²) in [5.41, 5.74) is 4.90. The number of amides is 1. The van der Waals surface area contributed by atoms with Gasteiger partial charge in [0.2, 0.25) is 0 Å². The van der Waals surface area contributed by atoms with E-state index in [1.807, 2.05) is 43.3 Å². The molecule has 1 N–H and O–H groups in total. The lowest BCUT2D eigenvalue weighted by molar-refractivity contribution is 0.0939. The second kappa shape index (κ2) is 10.4. The van der Waals surface area contributed by atoms with Crippen molar-refractivity contribution in [2.24, 2.45) is 0 Å². The summed E-state index contributed by atoms with van der Waals surface area (Å²) in [7, 11) is 0. The van der Waals surface area contributed by atoms with Crippen LogP contribution in [0.2, 0.25) is 0 Å². The van der Waals surface area contributed by atoms with Crippen molar-refractivity contribution in [1.82, 2.24) is 25.1 Å². The highest BCUT2D eigenvalue weighted by molar-refractivity contribution is 7.98. The smallest absolute Gasteiger partial charge is 0.251 e. The van der Waals surface area contributed by atoms with Crippen molar-refractivity contribution < 1.29 is 4.79 Å². The molecule has 1 atom stereocenters. The molecular formula is C26H27N5OS. The van der Waals surface area contributed by atoms with Gasteiger partial charge in [-0.25, -0.2) is 0 Å². The number of aromatic nitrogens is 4. The molecule has 2 aromatic carbocycles. The van der Waals surface area contributed by atoms with Gasteiger partial charge in [0.15, 0.2) is 11.0 Å². The van der Waals surface area contributed by atoms with Crippen molar-refractivity contribution in [2.45, 2.75) is 44.1 Å². The van der Waals surface area contributed by atoms with Gasteiger partial charge in [-0.1, -0.05) is 48.5 Å². The first-order valence-corrected chi connectivity index (χ1v) is 12.0. The van der Waals surface area contributed by atoms with E-state index < -0.39 is 0 Å². The minimum absolute atomic E-state index is 0.0382. The molecule has 168 valence electrons. The summed E-state index contributed by atoms with van der Waals surface area (Å²) in [6, 6.07) is 20.1. The van der Waals surface area contributed by atoms with Crippen LogP contribution in [0.15, 0.2) is 78.2 Å². The maximum atomic E-state index is 12.3. The SMILES string of the molecule is CCC(C)NC(=O)c1ccc(CSc2nnc(-c3cccnc3)n2-c2ccc(C)cc2)cc1. The van der Waals surface area contributed by atoms with Gasteiger partial charge in [0.1, 0.15) is 0 Å². The lowest BCUT2D eigenvalue weighted by Gasteiger charge is -2.12. The van der Waals surface area contributed by atoms with Crippen LogP contribution in [0.1, 0.15) is 41.8 Å². The fourth-order valence-corrected chi connectivity index (χ4v) is 4.19. The first kappa shape index (κ1) is 22.7. The van der Waals surface area contributed by atoms with Gasteiger partial charge in [-0.15, -0.1) is 10.2 Å². The number of nitrogens with one attached hydrogen (secondary N) is 1. The van der Waals surface area contributed by atoms with Crippen molar-refractivity contribution in [1.29, 1.82) is 0 Å². The highest BCUT2D eigenvalue weighted by Crippen LogP contribution is 2.29. The van der Waals surface area contributed by atoms with Gasteiger partial charge in [-0.3, -0.25) is 14.3 Å². The Hall–Kier alpha value is -3.45. The normalized spacial score (nSPS) is 11.8. The number of carbonyl (C=O) groups excluding carboxylic acids is 1. The first-order valence-electron chi connectivity index (χ1n) is 11.0. The number of hydrogen-bond donors (Lipinski definition) is 1. The van der Waals surface area contributed by atoms with E-state index >= 15 is 0 Å². The molecule has 2 heterocycles. The van der Waals surface area contributed by atoms with E-state index in [1.165, 1.54) is 5.56 Å². The van der Waals surface area contributed by atoms with Crippen LogP contribution in [0.25, 0.3) is 17.1 Å². The summed E-state index contributed by atoms with van der Waals surface area (Å²) in [6.45, 7) is 6.13. The van der Waals surface area contributed by atoms with Crippen molar-refractivity contribution in [2.75, 3.05) is 0 Å². The summed E-state index contributed by atoms with van der Waals surface area (Å²) in [4.78, 5) is 16.6. The van der Waals surface area contributed by atoms with E-state index in [9.17, 15) is 4.79 Å². The third kappa shape index (κ3) is 5.49. The molecule has 0 bridgehead atoms. The highest BCUT2D eigenvalue weighted by Gasteiger charge is 2.16. The Morgan fingerprint density at radius 1 is 1.06 bits per heavy atom. The van der Waals surface area contributed by atoms with Crippen LogP contribution in [0.5, 0.6) is 0 Å². The molecule has 0 radical (unpaired) electrons. The van der Waals surface area contributed by atoms with Crippen LogP contribution < -0.4 is 5.32 Å². The summed E-state index contributed by atoms with van der Waals surface area (Å²) in [5.74, 6) is 1.43. The number of nitrogens with zero attached hydrogens (tertiary/aromatic N) is 4. The van der Waals surface area contributed by atoms with Crippen LogP contribution in [-0.2, 0) is 5.75 Å². The molecule has 0 aliphatic carbocycles. The Morgan fingerprint density at radius 2 is 1.82 bits per heavy atom. The largest absolute Gasteiger partial charge is 0.350 e. The van der Waals surface area contributed by atoms with Crippen molar-refractivity contribution in [3.63, 3.8) is 0 Å². The highest BCUT2D eigenvalue weighted by atomic mass is 32.2. The molecule has 0 aliphatic heterocycles. The van der Waals surface area contributed by atoms with Crippen molar-refractivity contribution in [3.05, 3.63) is 89.7 Å². The fourth-order valence-electron chi connectivity index (χ4n) is 3.28. The quantitative estimate of drug-likeness (QED) is 0.356. The monoisotopic (exact) mass is 457 g/mol. The molecule has 2 aromatic heterocycles. The van der Waals surface area contributed by atoms with Crippen molar-refractivity contribution >= 4 is 17.7 Å². The van der Waals surface area contributed by atoms with Crippen LogP contribution in [0.3, 0.4) is 0 Å². The molecule has 7 heteroatoms. The second-order valence-corrected chi connectivity index (χ2v) is 8.93. The molecule has 1 unspecified atom stereocenters. The van der Waals surface area contributed by atoms with Crippen LogP contribution in [0.4, 0.5) is 0 Å². The van der Waals surface area contributed by atoms with Gasteiger partial charge >= 0.3 is 0 Å². The zero-order chi connectivity index (χ0) is 23.2. The molecule has 0 fully saturated rings. The van der Waals surface area contributed by atoms with E-state index in [4.69, 9.17) is 0 Å². The Balaban J connectivity index is 1.55. The van der Waals surface area contributed by atoms with E-state index in [1.54, 1.807) is 24.2 Å². The number of benzene rings is 2. The van der Waals surface area contributed by atoms with Gasteiger partial charge in [-0.05, 0) is 62.2 Å². The van der Waals surface area contributed by atoms with Gasteiger partial charge in [0.05, 0.1) is 0 Å². The molecule has 0 aliphatic rings. The number of thioether (sulfide) groups is 1. The number of pyridine rings is 1. The molecule has 6 nitrogen and oxygen atoms in total. The molecule has 1 amide bonds. The predicted molar refractivity (Wildman–Crippen MR) is 133 cm³/mol. The van der Waals surface area contributed by atoms with E-state index in [0.717, 1.165) is 34.2 Å². The Morgan fingerprint density at radius 3 is 2.48 bits per heavy atom. The molecule has 4 aromatic rings. The molecule has 0 saturated heterocycles. The van der Waals surface area contributed by atoms with Gasteiger partial charge < -0.3 is 5.32 Å². The summed E-state index contributed by atoms with van der Waals surface area (Å²) in [5, 5.41) is 12.8. The predicted octanol–water partition coefficient (Wildman–Crippen LogP) is 5.46. The molecule has 33 heavy (non-hydrogen) atoms. The minimum Gasteiger partial charge on any atom is -0.350 e. The zero-order valence-corrected chi connectivity index (χ0v) is 19.8. The summed E-state index contributed by atoms with van der Waals surface area (Å²) >= 11 is 1.61. The molecule has 4 rings (SSSR count). The lowest BCUT2D eigenvalue weighted by atomic mass is 10.1. The Labute approximate surface area is 198 Å². The lowest BCUT2D eigenvalue weighted by Crippen LogP contribution is -2.31. The average molecular weight is 458 g/mol.